The number of carbonyl (C=O) groups excluding carboxylic acids is 2. The van der Waals surface area contributed by atoms with Crippen molar-refractivity contribution in [3.05, 3.63) is 0 Å². The molecule has 0 fully saturated rings. The van der Waals surface area contributed by atoms with E-state index in [-0.39, 0.29) is 24.9 Å². The van der Waals surface area contributed by atoms with Crippen molar-refractivity contribution in [2.24, 2.45) is 5.73 Å². The second-order valence-electron chi connectivity index (χ2n) is 4.10. The minimum atomic E-state index is -0.306. The normalized spacial score (nSPS) is 10.0. The quantitative estimate of drug-likeness (QED) is 0.490. The Hall–Kier alpha value is -1.10. The molecule has 0 aliphatic rings. The van der Waals surface area contributed by atoms with Crippen LogP contribution < -0.4 is 16.4 Å². The first kappa shape index (κ1) is 15.9. The largest absolute Gasteiger partial charge is 0.355 e. The minimum Gasteiger partial charge on any atom is -0.355 e. The van der Waals surface area contributed by atoms with Crippen molar-refractivity contribution in [1.29, 1.82) is 0 Å². The van der Waals surface area contributed by atoms with E-state index in [4.69, 9.17) is 5.73 Å². The summed E-state index contributed by atoms with van der Waals surface area (Å²) in [4.78, 5) is 22.0. The van der Waals surface area contributed by atoms with E-state index in [0.717, 1.165) is 12.8 Å². The van der Waals surface area contributed by atoms with Gasteiger partial charge in [0.05, 0.1) is 13.1 Å². The lowest BCUT2D eigenvalue weighted by atomic mass is 10.1. The topological polar surface area (TPSA) is 84.2 Å². The van der Waals surface area contributed by atoms with Gasteiger partial charge in [0.1, 0.15) is 0 Å². The summed E-state index contributed by atoms with van der Waals surface area (Å²) in [6, 6.07) is 0. The van der Waals surface area contributed by atoms with Crippen LogP contribution >= 0.6 is 0 Å². The molecule has 0 aromatic heterocycles. The van der Waals surface area contributed by atoms with Gasteiger partial charge in [0.15, 0.2) is 0 Å². The van der Waals surface area contributed by atoms with Crippen molar-refractivity contribution < 1.29 is 9.59 Å². The van der Waals surface area contributed by atoms with Crippen LogP contribution in [0.25, 0.3) is 0 Å². The van der Waals surface area contributed by atoms with Crippen molar-refractivity contribution >= 4 is 11.8 Å². The van der Waals surface area contributed by atoms with Gasteiger partial charge in [-0.1, -0.05) is 39.0 Å². The zero-order valence-corrected chi connectivity index (χ0v) is 10.8. The first-order chi connectivity index (χ1) is 8.20. The smallest absolute Gasteiger partial charge is 0.239 e. The van der Waals surface area contributed by atoms with Gasteiger partial charge in [0, 0.05) is 6.54 Å². The molecule has 0 rings (SSSR count). The van der Waals surface area contributed by atoms with Crippen molar-refractivity contribution in [1.82, 2.24) is 10.6 Å². The summed E-state index contributed by atoms with van der Waals surface area (Å²) in [6.07, 6.45) is 7.19. The summed E-state index contributed by atoms with van der Waals surface area (Å²) in [6.45, 7) is 2.82. The molecule has 0 aromatic carbocycles. The molecule has 0 aromatic rings. The fourth-order valence-corrected chi connectivity index (χ4v) is 1.45. The van der Waals surface area contributed by atoms with Crippen molar-refractivity contribution in [3.8, 4) is 0 Å². The molecule has 4 N–H and O–H groups in total. The first-order valence-electron chi connectivity index (χ1n) is 6.44. The molecule has 0 saturated heterocycles. The molecule has 0 radical (unpaired) electrons. The van der Waals surface area contributed by atoms with E-state index >= 15 is 0 Å². The Morgan fingerprint density at radius 3 is 2.24 bits per heavy atom. The van der Waals surface area contributed by atoms with Gasteiger partial charge in [0.25, 0.3) is 0 Å². The highest BCUT2D eigenvalue weighted by Gasteiger charge is 2.02. The lowest BCUT2D eigenvalue weighted by Gasteiger charge is -2.06. The molecular formula is C12H25N3O2. The summed E-state index contributed by atoms with van der Waals surface area (Å²) < 4.78 is 0. The third-order valence-corrected chi connectivity index (χ3v) is 2.48. The van der Waals surface area contributed by atoms with Crippen LogP contribution in [0.3, 0.4) is 0 Å². The number of amides is 2. The lowest BCUT2D eigenvalue weighted by molar-refractivity contribution is -0.125. The first-order valence-corrected chi connectivity index (χ1v) is 6.44. The van der Waals surface area contributed by atoms with Gasteiger partial charge in [-0.15, -0.1) is 0 Å². The van der Waals surface area contributed by atoms with E-state index in [9.17, 15) is 9.59 Å². The number of hydrogen-bond acceptors (Lipinski definition) is 3. The number of carbonyl (C=O) groups is 2. The SMILES string of the molecule is CCCCCCCCNC(=O)CNC(=O)CN. The van der Waals surface area contributed by atoms with Crippen molar-refractivity contribution in [3.63, 3.8) is 0 Å². The van der Waals surface area contributed by atoms with Crippen LogP contribution in [0.2, 0.25) is 0 Å². The van der Waals surface area contributed by atoms with Gasteiger partial charge in [-0.05, 0) is 6.42 Å². The molecule has 0 unspecified atom stereocenters. The third kappa shape index (κ3) is 11.2. The molecule has 0 aliphatic heterocycles. The van der Waals surface area contributed by atoms with E-state index in [2.05, 4.69) is 17.6 Å². The van der Waals surface area contributed by atoms with Gasteiger partial charge < -0.3 is 16.4 Å². The van der Waals surface area contributed by atoms with E-state index < -0.39 is 0 Å². The molecule has 0 saturated carbocycles. The standard InChI is InChI=1S/C12H25N3O2/c1-2-3-4-5-6-7-8-14-12(17)10-15-11(16)9-13/h2-10,13H2,1H3,(H,14,17)(H,15,16). The van der Waals surface area contributed by atoms with E-state index in [1.54, 1.807) is 0 Å². The third-order valence-electron chi connectivity index (χ3n) is 2.48. The number of unbranched alkanes of at least 4 members (excludes halogenated alkanes) is 5. The highest BCUT2D eigenvalue weighted by molar-refractivity contribution is 5.85. The Labute approximate surface area is 104 Å². The molecule has 0 bridgehead atoms. The molecule has 0 heterocycles. The predicted molar refractivity (Wildman–Crippen MR) is 68.4 cm³/mol. The summed E-state index contributed by atoms with van der Waals surface area (Å²) in [7, 11) is 0. The summed E-state index contributed by atoms with van der Waals surface area (Å²) in [5, 5.41) is 5.18. The van der Waals surface area contributed by atoms with Crippen molar-refractivity contribution in [2.45, 2.75) is 45.4 Å². The average Bonchev–Trinajstić information content (AvgIpc) is 2.34. The molecular weight excluding hydrogens is 218 g/mol. The summed E-state index contributed by atoms with van der Waals surface area (Å²) in [5.74, 6) is -0.458. The van der Waals surface area contributed by atoms with E-state index in [1.807, 2.05) is 0 Å². The Balaban J connectivity index is 3.25. The number of hydrogen-bond donors (Lipinski definition) is 3. The molecule has 100 valence electrons. The molecule has 17 heavy (non-hydrogen) atoms. The van der Waals surface area contributed by atoms with Crippen molar-refractivity contribution in [2.75, 3.05) is 19.6 Å². The second-order valence-corrected chi connectivity index (χ2v) is 4.10. The van der Waals surface area contributed by atoms with Crippen LogP contribution in [0.15, 0.2) is 0 Å². The average molecular weight is 243 g/mol. The maximum atomic E-state index is 11.2. The Kier molecular flexibility index (Phi) is 10.7. The van der Waals surface area contributed by atoms with E-state index in [1.165, 1.54) is 25.7 Å². The van der Waals surface area contributed by atoms with E-state index in [0.29, 0.717) is 6.54 Å². The van der Waals surface area contributed by atoms with Gasteiger partial charge in [-0.2, -0.15) is 0 Å². The number of nitrogens with two attached hydrogens (primary N) is 1. The molecule has 0 atom stereocenters. The molecule has 0 spiro atoms. The molecule has 2 amide bonds. The zero-order valence-electron chi connectivity index (χ0n) is 10.8. The predicted octanol–water partition coefficient (Wildman–Crippen LogP) is 0.538. The van der Waals surface area contributed by atoms with Crippen LogP contribution in [-0.2, 0) is 9.59 Å². The van der Waals surface area contributed by atoms with Crippen LogP contribution in [0, 0.1) is 0 Å². The minimum absolute atomic E-state index is 0.0197. The molecule has 5 nitrogen and oxygen atoms in total. The molecule has 5 heteroatoms. The van der Waals surface area contributed by atoms with Gasteiger partial charge in [0.2, 0.25) is 11.8 Å². The van der Waals surface area contributed by atoms with Crippen LogP contribution in [-0.4, -0.2) is 31.4 Å². The number of rotatable bonds is 10. The fourth-order valence-electron chi connectivity index (χ4n) is 1.45. The highest BCUT2D eigenvalue weighted by Crippen LogP contribution is 2.03. The van der Waals surface area contributed by atoms with Gasteiger partial charge in [-0.3, -0.25) is 9.59 Å². The number of nitrogens with one attached hydrogen (secondary N) is 2. The van der Waals surface area contributed by atoms with Crippen LogP contribution in [0.5, 0.6) is 0 Å². The Bertz CT molecular complexity index is 220. The fraction of sp³-hybridized carbons (Fsp3) is 0.833. The zero-order chi connectivity index (χ0) is 12.9. The summed E-state index contributed by atoms with van der Waals surface area (Å²) in [5.41, 5.74) is 5.09. The Morgan fingerprint density at radius 1 is 0.941 bits per heavy atom. The second kappa shape index (κ2) is 11.4. The van der Waals surface area contributed by atoms with Crippen LogP contribution in [0.4, 0.5) is 0 Å². The summed E-state index contributed by atoms with van der Waals surface area (Å²) >= 11 is 0. The van der Waals surface area contributed by atoms with Crippen LogP contribution in [0.1, 0.15) is 45.4 Å². The van der Waals surface area contributed by atoms with Gasteiger partial charge in [-0.25, -0.2) is 0 Å². The van der Waals surface area contributed by atoms with Gasteiger partial charge >= 0.3 is 0 Å². The Morgan fingerprint density at radius 2 is 1.59 bits per heavy atom. The molecule has 0 aliphatic carbocycles. The maximum Gasteiger partial charge on any atom is 0.239 e. The highest BCUT2D eigenvalue weighted by atomic mass is 16.2. The monoisotopic (exact) mass is 243 g/mol. The lowest BCUT2D eigenvalue weighted by Crippen LogP contribution is -2.39. The maximum absolute atomic E-state index is 11.2.